The Balaban J connectivity index is 1.77. The van der Waals surface area contributed by atoms with E-state index in [1.54, 1.807) is 38.5 Å². The number of amides is 1. The van der Waals surface area contributed by atoms with Crippen LogP contribution in [-0.4, -0.2) is 41.0 Å². The summed E-state index contributed by atoms with van der Waals surface area (Å²) in [6.45, 7) is 2.38. The highest BCUT2D eigenvalue weighted by atomic mass is 16.5. The van der Waals surface area contributed by atoms with E-state index in [2.05, 4.69) is 5.32 Å². The van der Waals surface area contributed by atoms with Gasteiger partial charge in [0.1, 0.15) is 12.4 Å². The molecule has 0 saturated carbocycles. The van der Waals surface area contributed by atoms with Gasteiger partial charge in [-0.3, -0.25) is 4.79 Å². The van der Waals surface area contributed by atoms with Crippen LogP contribution in [0.25, 0.3) is 11.6 Å². The van der Waals surface area contributed by atoms with Crippen LogP contribution in [0.4, 0.5) is 5.69 Å². The first-order valence-corrected chi connectivity index (χ1v) is 9.97. The fourth-order valence-electron chi connectivity index (χ4n) is 3.31. The van der Waals surface area contributed by atoms with Crippen molar-refractivity contribution in [2.24, 2.45) is 0 Å². The molecule has 3 rings (SSSR count). The molecule has 0 saturated heterocycles. The lowest BCUT2D eigenvalue weighted by atomic mass is 10.0. The lowest BCUT2D eigenvalue weighted by molar-refractivity contribution is -0.111. The Hall–Kier alpha value is -3.87. The molecule has 1 amide bonds. The fraction of sp³-hybridized carbons (Fsp3) is 0.240. The Morgan fingerprint density at radius 1 is 0.938 bits per heavy atom. The summed E-state index contributed by atoms with van der Waals surface area (Å²) in [4.78, 5) is 12.5. The molecule has 1 aliphatic rings. The predicted octanol–water partition coefficient (Wildman–Crippen LogP) is 4.69. The van der Waals surface area contributed by atoms with Crippen LogP contribution in [0.15, 0.2) is 54.3 Å². The van der Waals surface area contributed by atoms with E-state index in [1.165, 1.54) is 20.3 Å². The highest BCUT2D eigenvalue weighted by Crippen LogP contribution is 2.40. The molecule has 7 heteroatoms. The van der Waals surface area contributed by atoms with Crippen molar-refractivity contribution in [1.29, 1.82) is 0 Å². The quantitative estimate of drug-likeness (QED) is 0.604. The number of carbonyl (C=O) groups excluding carboxylic acids is 1. The van der Waals surface area contributed by atoms with Gasteiger partial charge in [-0.25, -0.2) is 0 Å². The zero-order chi connectivity index (χ0) is 23.1. The third kappa shape index (κ3) is 5.06. The van der Waals surface area contributed by atoms with Gasteiger partial charge < -0.3 is 29.0 Å². The molecule has 0 radical (unpaired) electrons. The van der Waals surface area contributed by atoms with Gasteiger partial charge >= 0.3 is 0 Å². The number of hydrogen-bond acceptors (Lipinski definition) is 6. The Labute approximate surface area is 187 Å². The van der Waals surface area contributed by atoms with E-state index in [0.29, 0.717) is 40.9 Å². The molecule has 168 valence electrons. The molecule has 2 aromatic carbocycles. The van der Waals surface area contributed by atoms with Crippen LogP contribution in [0.5, 0.6) is 23.0 Å². The van der Waals surface area contributed by atoms with Gasteiger partial charge in [0, 0.05) is 34.5 Å². The molecule has 0 bridgehead atoms. The number of carbonyl (C=O) groups is 1. The van der Waals surface area contributed by atoms with Crippen LogP contribution >= 0.6 is 0 Å². The first-order chi connectivity index (χ1) is 15.5. The largest absolute Gasteiger partial charge is 0.496 e. The molecule has 0 aliphatic carbocycles. The number of hydrogen-bond donors (Lipinski definition) is 1. The van der Waals surface area contributed by atoms with Gasteiger partial charge in [-0.1, -0.05) is 6.08 Å². The molecule has 1 heterocycles. The number of benzene rings is 2. The molecule has 32 heavy (non-hydrogen) atoms. The van der Waals surface area contributed by atoms with Crippen LogP contribution in [0.2, 0.25) is 0 Å². The first-order valence-electron chi connectivity index (χ1n) is 9.97. The maximum Gasteiger partial charge on any atom is 0.248 e. The summed E-state index contributed by atoms with van der Waals surface area (Å²) in [5, 5.41) is 2.85. The van der Waals surface area contributed by atoms with Crippen molar-refractivity contribution in [3.63, 3.8) is 0 Å². The van der Waals surface area contributed by atoms with E-state index in [1.807, 2.05) is 31.2 Å². The molecule has 0 unspecified atom stereocenters. The maximum absolute atomic E-state index is 12.5. The van der Waals surface area contributed by atoms with E-state index in [-0.39, 0.29) is 5.91 Å². The Morgan fingerprint density at radius 2 is 1.69 bits per heavy atom. The van der Waals surface area contributed by atoms with E-state index in [9.17, 15) is 4.79 Å². The Bertz CT molecular complexity index is 1080. The average molecular weight is 437 g/mol. The van der Waals surface area contributed by atoms with Gasteiger partial charge in [-0.05, 0) is 43.3 Å². The predicted molar refractivity (Wildman–Crippen MR) is 124 cm³/mol. The van der Waals surface area contributed by atoms with Gasteiger partial charge in [-0.2, -0.15) is 0 Å². The van der Waals surface area contributed by atoms with Crippen LogP contribution in [0, 0.1) is 0 Å². The third-order valence-electron chi connectivity index (χ3n) is 4.94. The SMILES string of the molecule is COc1cc(NC(=O)/C=C/c2ccc(OC)c(OC)c2OC)ccc1C1=CC=C(C)OC1. The van der Waals surface area contributed by atoms with Crippen LogP contribution in [0.3, 0.4) is 0 Å². The van der Waals surface area contributed by atoms with Gasteiger partial charge in [-0.15, -0.1) is 0 Å². The minimum absolute atomic E-state index is 0.296. The van der Waals surface area contributed by atoms with Gasteiger partial charge in [0.2, 0.25) is 11.7 Å². The van der Waals surface area contributed by atoms with Gasteiger partial charge in [0.15, 0.2) is 11.5 Å². The normalized spacial score (nSPS) is 13.0. The molecule has 2 aromatic rings. The van der Waals surface area contributed by atoms with Gasteiger partial charge in [0.25, 0.3) is 0 Å². The van der Waals surface area contributed by atoms with Crippen LogP contribution in [-0.2, 0) is 9.53 Å². The number of anilines is 1. The molecular formula is C25H27NO6. The molecule has 1 aliphatic heterocycles. The van der Waals surface area contributed by atoms with Crippen molar-refractivity contribution >= 4 is 23.2 Å². The van der Waals surface area contributed by atoms with E-state index >= 15 is 0 Å². The van der Waals surface area contributed by atoms with Crippen molar-refractivity contribution in [2.75, 3.05) is 40.4 Å². The summed E-state index contributed by atoms with van der Waals surface area (Å²) < 4.78 is 27.2. The fourth-order valence-corrected chi connectivity index (χ4v) is 3.31. The summed E-state index contributed by atoms with van der Waals surface area (Å²) in [7, 11) is 6.21. The first kappa shape index (κ1) is 22.8. The topological polar surface area (TPSA) is 75.3 Å². The summed E-state index contributed by atoms with van der Waals surface area (Å²) >= 11 is 0. The average Bonchev–Trinajstić information content (AvgIpc) is 2.82. The summed E-state index contributed by atoms with van der Waals surface area (Å²) in [5.74, 6) is 2.71. The van der Waals surface area contributed by atoms with Crippen LogP contribution < -0.4 is 24.3 Å². The zero-order valence-corrected chi connectivity index (χ0v) is 18.9. The van der Waals surface area contributed by atoms with Crippen molar-refractivity contribution < 1.29 is 28.5 Å². The Kier molecular flexibility index (Phi) is 7.44. The zero-order valence-electron chi connectivity index (χ0n) is 18.9. The molecule has 0 fully saturated rings. The lowest BCUT2D eigenvalue weighted by Crippen LogP contribution is -2.09. The maximum atomic E-state index is 12.5. The van der Waals surface area contributed by atoms with E-state index in [4.69, 9.17) is 23.7 Å². The second kappa shape index (κ2) is 10.4. The number of allylic oxidation sites excluding steroid dienone is 3. The molecule has 0 spiro atoms. The minimum Gasteiger partial charge on any atom is -0.496 e. The molecule has 0 aromatic heterocycles. The van der Waals surface area contributed by atoms with E-state index < -0.39 is 0 Å². The number of methoxy groups -OCH3 is 4. The third-order valence-corrected chi connectivity index (χ3v) is 4.94. The molecule has 0 atom stereocenters. The number of ether oxygens (including phenoxy) is 5. The smallest absolute Gasteiger partial charge is 0.248 e. The van der Waals surface area contributed by atoms with Crippen molar-refractivity contribution in [3.05, 3.63) is 65.4 Å². The van der Waals surface area contributed by atoms with Crippen molar-refractivity contribution in [2.45, 2.75) is 6.92 Å². The monoisotopic (exact) mass is 437 g/mol. The summed E-state index contributed by atoms with van der Waals surface area (Å²) in [5.41, 5.74) is 3.22. The standard InChI is InChI=1S/C25H27NO6/c1-16-6-7-18(15-32-16)20-11-10-19(14-22(20)29-3)26-23(27)13-9-17-8-12-21(28-2)25(31-5)24(17)30-4/h6-14H,15H2,1-5H3,(H,26,27)/b13-9+. The molecule has 7 nitrogen and oxygen atoms in total. The second-order valence-electron chi connectivity index (χ2n) is 6.92. The molecule has 1 N–H and O–H groups in total. The Morgan fingerprint density at radius 3 is 2.31 bits per heavy atom. The van der Waals surface area contributed by atoms with Crippen molar-refractivity contribution in [1.82, 2.24) is 0 Å². The molecular weight excluding hydrogens is 410 g/mol. The highest BCUT2D eigenvalue weighted by Gasteiger charge is 2.15. The lowest BCUT2D eigenvalue weighted by Gasteiger charge is -2.17. The minimum atomic E-state index is -0.296. The van der Waals surface area contributed by atoms with Crippen molar-refractivity contribution in [3.8, 4) is 23.0 Å². The number of rotatable bonds is 8. The highest BCUT2D eigenvalue weighted by molar-refractivity contribution is 6.02. The summed E-state index contributed by atoms with van der Waals surface area (Å²) in [6.07, 6.45) is 7.01. The van der Waals surface area contributed by atoms with E-state index in [0.717, 1.165) is 16.9 Å². The summed E-state index contributed by atoms with van der Waals surface area (Å²) in [6, 6.07) is 9.05. The number of nitrogens with one attached hydrogen (secondary N) is 1. The van der Waals surface area contributed by atoms with Gasteiger partial charge in [0.05, 0.1) is 34.2 Å². The van der Waals surface area contributed by atoms with Crippen LogP contribution in [0.1, 0.15) is 18.1 Å². The second-order valence-corrected chi connectivity index (χ2v) is 6.92.